The standard InChI is InChI=1S/C13H14BrNO2S/c1-4-12-11(14)6-10(18-12)5-9(7-15)13(16)17-8(2)3/h5-6,8H,4H2,1-3H3/b9-5+. The quantitative estimate of drug-likeness (QED) is 0.478. The van der Waals surface area contributed by atoms with Gasteiger partial charge in [0.05, 0.1) is 6.10 Å². The molecule has 0 N–H and O–H groups in total. The second-order valence-corrected chi connectivity index (χ2v) is 5.92. The SMILES string of the molecule is CCc1sc(/C=C(\C#N)C(=O)OC(C)C)cc1Br. The van der Waals surface area contributed by atoms with Crippen molar-refractivity contribution < 1.29 is 9.53 Å². The van der Waals surface area contributed by atoms with E-state index < -0.39 is 5.97 Å². The van der Waals surface area contributed by atoms with E-state index >= 15 is 0 Å². The van der Waals surface area contributed by atoms with E-state index in [9.17, 15) is 4.79 Å². The maximum Gasteiger partial charge on any atom is 0.349 e. The molecule has 3 nitrogen and oxygen atoms in total. The van der Waals surface area contributed by atoms with Crippen molar-refractivity contribution in [3.05, 3.63) is 25.9 Å². The van der Waals surface area contributed by atoms with Crippen LogP contribution in [0, 0.1) is 11.3 Å². The molecule has 5 heteroatoms. The van der Waals surface area contributed by atoms with Crippen molar-refractivity contribution in [2.45, 2.75) is 33.3 Å². The highest BCUT2D eigenvalue weighted by molar-refractivity contribution is 9.10. The van der Waals surface area contributed by atoms with E-state index in [4.69, 9.17) is 10.00 Å². The molecule has 0 saturated carbocycles. The Morgan fingerprint density at radius 2 is 2.33 bits per heavy atom. The molecule has 0 spiro atoms. The number of hydrogen-bond acceptors (Lipinski definition) is 4. The lowest BCUT2D eigenvalue weighted by molar-refractivity contribution is -0.142. The lowest BCUT2D eigenvalue weighted by Crippen LogP contribution is -2.12. The normalized spacial score (nSPS) is 11.4. The van der Waals surface area contributed by atoms with E-state index in [1.54, 1.807) is 31.3 Å². The lowest BCUT2D eigenvalue weighted by atomic mass is 10.2. The summed E-state index contributed by atoms with van der Waals surface area (Å²) in [4.78, 5) is 13.7. The molecular weight excluding hydrogens is 314 g/mol. The summed E-state index contributed by atoms with van der Waals surface area (Å²) in [5.41, 5.74) is 0.0279. The molecule has 0 aliphatic heterocycles. The predicted octanol–water partition coefficient (Wildman–Crippen LogP) is 3.93. The van der Waals surface area contributed by atoms with Gasteiger partial charge in [-0.05, 0) is 48.3 Å². The Bertz CT molecular complexity index is 512. The van der Waals surface area contributed by atoms with Gasteiger partial charge in [0.25, 0.3) is 0 Å². The Morgan fingerprint density at radius 3 is 2.78 bits per heavy atom. The molecule has 0 fully saturated rings. The minimum Gasteiger partial charge on any atom is -0.459 e. The molecule has 0 aliphatic carbocycles. The first kappa shape index (κ1) is 14.9. The summed E-state index contributed by atoms with van der Waals surface area (Å²) >= 11 is 5.01. The van der Waals surface area contributed by atoms with Gasteiger partial charge in [-0.2, -0.15) is 5.26 Å². The Kier molecular flexibility index (Phi) is 5.57. The maximum atomic E-state index is 11.6. The molecule has 0 atom stereocenters. The van der Waals surface area contributed by atoms with Crippen molar-refractivity contribution in [3.8, 4) is 6.07 Å². The summed E-state index contributed by atoms with van der Waals surface area (Å²) in [7, 11) is 0. The Labute approximate surface area is 119 Å². The number of hydrogen-bond donors (Lipinski definition) is 0. The lowest BCUT2D eigenvalue weighted by Gasteiger charge is -2.05. The zero-order valence-corrected chi connectivity index (χ0v) is 12.9. The summed E-state index contributed by atoms with van der Waals surface area (Å²) in [6.07, 6.45) is 2.26. The maximum absolute atomic E-state index is 11.6. The molecule has 18 heavy (non-hydrogen) atoms. The van der Waals surface area contributed by atoms with Crippen LogP contribution in [-0.2, 0) is 16.0 Å². The number of nitrogens with zero attached hydrogens (tertiary/aromatic N) is 1. The Morgan fingerprint density at radius 1 is 1.67 bits per heavy atom. The molecule has 0 unspecified atom stereocenters. The van der Waals surface area contributed by atoms with Crippen molar-refractivity contribution in [1.82, 2.24) is 0 Å². The number of rotatable bonds is 4. The summed E-state index contributed by atoms with van der Waals surface area (Å²) in [5.74, 6) is -0.574. The number of ether oxygens (including phenoxy) is 1. The van der Waals surface area contributed by atoms with Crippen LogP contribution < -0.4 is 0 Å². The number of halogens is 1. The van der Waals surface area contributed by atoms with Crippen LogP contribution in [-0.4, -0.2) is 12.1 Å². The zero-order chi connectivity index (χ0) is 13.7. The fourth-order valence-electron chi connectivity index (χ4n) is 1.29. The minimum atomic E-state index is -0.574. The Balaban J connectivity index is 2.97. The second-order valence-electron chi connectivity index (χ2n) is 3.90. The van der Waals surface area contributed by atoms with Gasteiger partial charge in [-0.3, -0.25) is 0 Å². The number of nitriles is 1. The van der Waals surface area contributed by atoms with Gasteiger partial charge in [0.2, 0.25) is 0 Å². The summed E-state index contributed by atoms with van der Waals surface area (Å²) in [6.45, 7) is 5.57. The van der Waals surface area contributed by atoms with E-state index in [1.165, 1.54) is 4.88 Å². The first-order chi connectivity index (χ1) is 8.47. The summed E-state index contributed by atoms with van der Waals surface area (Å²) in [5, 5.41) is 8.98. The number of thiophene rings is 1. The third kappa shape index (κ3) is 3.97. The molecule has 0 radical (unpaired) electrons. The van der Waals surface area contributed by atoms with E-state index in [0.717, 1.165) is 15.8 Å². The highest BCUT2D eigenvalue weighted by Crippen LogP contribution is 2.29. The van der Waals surface area contributed by atoms with Gasteiger partial charge in [0, 0.05) is 14.2 Å². The van der Waals surface area contributed by atoms with Crippen molar-refractivity contribution in [2.75, 3.05) is 0 Å². The van der Waals surface area contributed by atoms with Crippen LogP contribution >= 0.6 is 27.3 Å². The molecule has 1 heterocycles. The molecule has 0 aromatic carbocycles. The summed E-state index contributed by atoms with van der Waals surface area (Å²) < 4.78 is 6.01. The third-order valence-corrected chi connectivity index (χ3v) is 4.26. The zero-order valence-electron chi connectivity index (χ0n) is 10.5. The molecule has 0 bridgehead atoms. The molecule has 1 aromatic rings. The monoisotopic (exact) mass is 327 g/mol. The van der Waals surface area contributed by atoms with Gasteiger partial charge >= 0.3 is 5.97 Å². The van der Waals surface area contributed by atoms with Crippen LogP contribution in [0.5, 0.6) is 0 Å². The molecular formula is C13H14BrNO2S. The third-order valence-electron chi connectivity index (χ3n) is 2.07. The fourth-order valence-corrected chi connectivity index (χ4v) is 3.15. The molecule has 0 amide bonds. The van der Waals surface area contributed by atoms with Crippen LogP contribution in [0.15, 0.2) is 16.1 Å². The van der Waals surface area contributed by atoms with Gasteiger partial charge in [-0.25, -0.2) is 4.79 Å². The van der Waals surface area contributed by atoms with Gasteiger partial charge in [-0.1, -0.05) is 6.92 Å². The van der Waals surface area contributed by atoms with Gasteiger partial charge < -0.3 is 4.74 Å². The first-order valence-electron chi connectivity index (χ1n) is 5.58. The fraction of sp³-hybridized carbons (Fsp3) is 0.385. The molecule has 0 saturated heterocycles. The van der Waals surface area contributed by atoms with E-state index in [2.05, 4.69) is 22.9 Å². The van der Waals surface area contributed by atoms with Crippen molar-refractivity contribution in [2.24, 2.45) is 0 Å². The first-order valence-corrected chi connectivity index (χ1v) is 7.19. The van der Waals surface area contributed by atoms with Crippen LogP contribution in [0.25, 0.3) is 6.08 Å². The van der Waals surface area contributed by atoms with Crippen molar-refractivity contribution in [3.63, 3.8) is 0 Å². The minimum absolute atomic E-state index is 0.0279. The number of carbonyl (C=O) groups is 1. The van der Waals surface area contributed by atoms with E-state index in [0.29, 0.717) is 0 Å². The van der Waals surface area contributed by atoms with Gasteiger partial charge in [0.15, 0.2) is 0 Å². The average molecular weight is 328 g/mol. The molecule has 96 valence electrons. The molecule has 0 aliphatic rings. The van der Waals surface area contributed by atoms with Crippen LogP contribution in [0.3, 0.4) is 0 Å². The van der Waals surface area contributed by atoms with Crippen LogP contribution in [0.1, 0.15) is 30.5 Å². The van der Waals surface area contributed by atoms with Crippen LogP contribution in [0.4, 0.5) is 0 Å². The molecule has 1 aromatic heterocycles. The highest BCUT2D eigenvalue weighted by Gasteiger charge is 2.13. The largest absolute Gasteiger partial charge is 0.459 e. The number of esters is 1. The predicted molar refractivity (Wildman–Crippen MR) is 76.2 cm³/mol. The van der Waals surface area contributed by atoms with E-state index in [1.807, 2.05) is 12.1 Å². The van der Waals surface area contributed by atoms with Crippen molar-refractivity contribution in [1.29, 1.82) is 5.26 Å². The Hall–Kier alpha value is -1.12. The second kappa shape index (κ2) is 6.72. The molecule has 1 rings (SSSR count). The summed E-state index contributed by atoms with van der Waals surface area (Å²) in [6, 6.07) is 3.79. The highest BCUT2D eigenvalue weighted by atomic mass is 79.9. The number of carbonyl (C=O) groups excluding carboxylic acids is 1. The van der Waals surface area contributed by atoms with Crippen LogP contribution in [0.2, 0.25) is 0 Å². The van der Waals surface area contributed by atoms with Crippen molar-refractivity contribution >= 4 is 39.3 Å². The number of aryl methyl sites for hydroxylation is 1. The smallest absolute Gasteiger partial charge is 0.349 e. The van der Waals surface area contributed by atoms with Gasteiger partial charge in [-0.15, -0.1) is 11.3 Å². The topological polar surface area (TPSA) is 50.1 Å². The van der Waals surface area contributed by atoms with Gasteiger partial charge in [0.1, 0.15) is 11.6 Å². The average Bonchev–Trinajstić information content (AvgIpc) is 2.65. The van der Waals surface area contributed by atoms with E-state index in [-0.39, 0.29) is 11.7 Å².